The maximum Gasteiger partial charge on any atom is 0.165 e. The highest BCUT2D eigenvalue weighted by atomic mass is 16.3. The first-order valence-corrected chi connectivity index (χ1v) is 46.7. The van der Waals surface area contributed by atoms with Gasteiger partial charge in [0.2, 0.25) is 0 Å². The van der Waals surface area contributed by atoms with Crippen LogP contribution >= 0.6 is 0 Å². The number of benzene rings is 20. The molecule has 0 atom stereocenters. The van der Waals surface area contributed by atoms with Gasteiger partial charge in [-0.25, -0.2) is 44.9 Å². The summed E-state index contributed by atoms with van der Waals surface area (Å²) in [6.07, 6.45) is 0. The predicted octanol–water partition coefficient (Wildman–Crippen LogP) is 32.5. The van der Waals surface area contributed by atoms with Gasteiger partial charge in [0, 0.05) is 104 Å². The van der Waals surface area contributed by atoms with E-state index in [9.17, 15) is 0 Å². The zero-order valence-electron chi connectivity index (χ0n) is 75.4. The lowest BCUT2D eigenvalue weighted by atomic mass is 9.81. The lowest BCUT2D eigenvalue weighted by Gasteiger charge is -2.22. The average molecular weight is 1780 g/mol. The molecule has 13 heteroatoms. The van der Waals surface area contributed by atoms with Crippen molar-refractivity contribution in [3.05, 3.63) is 460 Å². The third kappa shape index (κ3) is 14.5. The van der Waals surface area contributed by atoms with E-state index in [-0.39, 0.29) is 5.41 Å². The second-order valence-corrected chi connectivity index (χ2v) is 35.8. The Labute approximate surface area is 798 Å². The number of hydrogen-bond acceptors (Lipinski definition) is 12. The first-order chi connectivity index (χ1) is 68.6. The van der Waals surface area contributed by atoms with Crippen molar-refractivity contribution in [1.82, 2.24) is 49.4 Å². The molecule has 0 N–H and O–H groups in total. The van der Waals surface area contributed by atoms with E-state index in [1.165, 1.54) is 82.1 Å². The molecule has 0 saturated heterocycles. The summed E-state index contributed by atoms with van der Waals surface area (Å²) in [7, 11) is 0. The van der Waals surface area contributed by atoms with Crippen LogP contribution in [-0.4, -0.2) is 49.4 Å². The molecule has 0 bridgehead atoms. The first-order valence-electron chi connectivity index (χ1n) is 46.7. The van der Waals surface area contributed by atoms with Crippen LogP contribution in [-0.2, 0) is 5.41 Å². The zero-order chi connectivity index (χ0) is 92.2. The monoisotopic (exact) mass is 1780 g/mol. The van der Waals surface area contributed by atoms with Crippen LogP contribution in [0.3, 0.4) is 0 Å². The Morgan fingerprint density at radius 2 is 0.468 bits per heavy atom. The summed E-state index contributed by atoms with van der Waals surface area (Å²) in [5, 5.41) is 16.3. The highest BCUT2D eigenvalue weighted by Crippen LogP contribution is 2.55. The molecule has 0 aliphatic heterocycles. The Balaban J connectivity index is 0.000000108. The van der Waals surface area contributed by atoms with Crippen LogP contribution in [0.5, 0.6) is 0 Å². The molecule has 1 aliphatic rings. The highest BCUT2D eigenvalue weighted by molar-refractivity contribution is 6.28. The summed E-state index contributed by atoms with van der Waals surface area (Å²) in [6.45, 7) is 4.64. The standard InChI is InChI=1S/C47H30N4.C40H29N3.C39H21N3O3/c1-3-11-31(12-4-1)32-19-21-36(22-20-32)46-48-45(35-15-5-2-6-16-35)49-47(50-46)37-23-27-38(28-24-37)51-41-29-25-33-13-7-9-17-39(33)43(41)44-40-18-10-8-14-34(40)26-30-42(44)51;1-40(2)33-20-12-11-19-32(33)35-34(40)25-30-17-9-10-18-31(30)36(35)39-42-37(28-15-7-4-8-16-28)41-38(43-39)29-23-21-27(22-24-29)26-13-5-3-6-14-26;1-4-10-31-25(7-1)28-16-13-22(19-34(28)43-31)37-40-38(23-14-17-29-26-8-2-5-11-32(26)44-35(29)20-23)42-39(41-37)24-15-18-30-27-9-3-6-12-33(27)45-36(30)21-24/h1-30H;3-25H,1-2H3;1-21H. The second-order valence-electron chi connectivity index (χ2n) is 35.8. The summed E-state index contributed by atoms with van der Waals surface area (Å²) < 4.78 is 21.0. The normalized spacial score (nSPS) is 12.2. The quantitative estimate of drug-likeness (QED) is 0.114. The van der Waals surface area contributed by atoms with Crippen LogP contribution in [0.25, 0.3) is 261 Å². The van der Waals surface area contributed by atoms with Gasteiger partial charge in [-0.1, -0.05) is 366 Å². The third-order valence-electron chi connectivity index (χ3n) is 27.1. The zero-order valence-corrected chi connectivity index (χ0v) is 75.4. The minimum atomic E-state index is -0.143. The molecular formula is C126H80N10O3. The highest BCUT2D eigenvalue weighted by Gasteiger charge is 2.39. The molecule has 7 aromatic heterocycles. The maximum atomic E-state index is 6.20. The number of rotatable bonds is 12. The minimum Gasteiger partial charge on any atom is -0.456 e. The van der Waals surface area contributed by atoms with Gasteiger partial charge in [0.1, 0.15) is 33.5 Å². The van der Waals surface area contributed by atoms with Gasteiger partial charge in [-0.05, 0) is 174 Å². The van der Waals surface area contributed by atoms with Crippen molar-refractivity contribution in [2.45, 2.75) is 19.3 Å². The van der Waals surface area contributed by atoms with Crippen molar-refractivity contribution in [2.75, 3.05) is 0 Å². The number of para-hydroxylation sites is 3. The van der Waals surface area contributed by atoms with E-state index >= 15 is 0 Å². The van der Waals surface area contributed by atoms with Gasteiger partial charge in [-0.3, -0.25) is 0 Å². The first kappa shape index (κ1) is 81.2. The Morgan fingerprint density at radius 3 is 0.871 bits per heavy atom. The third-order valence-corrected chi connectivity index (χ3v) is 27.1. The molecule has 0 saturated carbocycles. The van der Waals surface area contributed by atoms with Gasteiger partial charge in [0.05, 0.1) is 11.0 Å². The van der Waals surface area contributed by atoms with E-state index in [0.29, 0.717) is 52.4 Å². The van der Waals surface area contributed by atoms with Crippen molar-refractivity contribution in [2.24, 2.45) is 0 Å². The summed E-state index contributed by atoms with van der Waals surface area (Å²) in [5.74, 6) is 5.59. The fourth-order valence-corrected chi connectivity index (χ4v) is 20.3. The Morgan fingerprint density at radius 1 is 0.187 bits per heavy atom. The van der Waals surface area contributed by atoms with E-state index in [1.807, 2.05) is 152 Å². The number of nitrogens with zero attached hydrogens (tertiary/aromatic N) is 10. The van der Waals surface area contributed by atoms with Crippen molar-refractivity contribution < 1.29 is 13.3 Å². The largest absolute Gasteiger partial charge is 0.456 e. The fourth-order valence-electron chi connectivity index (χ4n) is 20.3. The molecule has 652 valence electrons. The molecule has 0 radical (unpaired) electrons. The molecule has 0 amide bonds. The molecule has 0 unspecified atom stereocenters. The maximum absolute atomic E-state index is 6.20. The average Bonchev–Trinajstić information content (AvgIpc) is 1.54. The molecule has 20 aromatic carbocycles. The van der Waals surface area contributed by atoms with Crippen molar-refractivity contribution in [1.29, 1.82) is 0 Å². The molecule has 28 rings (SSSR count). The molecule has 27 aromatic rings. The van der Waals surface area contributed by atoms with Crippen LogP contribution in [0.15, 0.2) is 462 Å². The van der Waals surface area contributed by atoms with Gasteiger partial charge in [0.25, 0.3) is 0 Å². The summed E-state index contributed by atoms with van der Waals surface area (Å²) in [4.78, 5) is 45.4. The van der Waals surface area contributed by atoms with Crippen molar-refractivity contribution in [3.63, 3.8) is 0 Å². The number of aromatic nitrogens is 10. The Bertz CT molecular complexity index is 9120. The molecule has 7 heterocycles. The Kier molecular flexibility index (Phi) is 19.6. The fraction of sp³-hybridized carbons (Fsp3) is 0.0238. The molecule has 0 fully saturated rings. The second kappa shape index (κ2) is 33.5. The van der Waals surface area contributed by atoms with Gasteiger partial charge in [0.15, 0.2) is 52.4 Å². The molecule has 1 aliphatic carbocycles. The van der Waals surface area contributed by atoms with Gasteiger partial charge >= 0.3 is 0 Å². The minimum absolute atomic E-state index is 0.143. The number of hydrogen-bond donors (Lipinski definition) is 0. The van der Waals surface area contributed by atoms with E-state index < -0.39 is 0 Å². The summed E-state index contributed by atoms with van der Waals surface area (Å²) in [6, 6.07) is 155. The predicted molar refractivity (Wildman–Crippen MR) is 566 cm³/mol. The van der Waals surface area contributed by atoms with Crippen molar-refractivity contribution in [3.8, 4) is 142 Å². The van der Waals surface area contributed by atoms with E-state index in [1.54, 1.807) is 0 Å². The van der Waals surface area contributed by atoms with Crippen LogP contribution in [0.2, 0.25) is 0 Å². The molecule has 13 nitrogen and oxygen atoms in total. The van der Waals surface area contributed by atoms with Crippen LogP contribution in [0.4, 0.5) is 0 Å². The van der Waals surface area contributed by atoms with E-state index in [2.05, 4.69) is 316 Å². The lowest BCUT2D eigenvalue weighted by Crippen LogP contribution is -2.15. The molecular weight excluding hydrogens is 1700 g/mol. The summed E-state index contributed by atoms with van der Waals surface area (Å²) in [5.41, 5.74) is 26.3. The Hall–Kier alpha value is -18.6. The summed E-state index contributed by atoms with van der Waals surface area (Å²) >= 11 is 0. The molecule has 0 spiro atoms. The van der Waals surface area contributed by atoms with Gasteiger partial charge in [-0.2, -0.15) is 0 Å². The molecule has 139 heavy (non-hydrogen) atoms. The number of furan rings is 3. The van der Waals surface area contributed by atoms with Gasteiger partial charge < -0.3 is 17.8 Å². The van der Waals surface area contributed by atoms with Crippen molar-refractivity contribution >= 4 is 120 Å². The van der Waals surface area contributed by atoms with Crippen LogP contribution in [0.1, 0.15) is 25.0 Å². The van der Waals surface area contributed by atoms with E-state index in [4.69, 9.17) is 58.1 Å². The lowest BCUT2D eigenvalue weighted by molar-refractivity contribution is 0.661. The van der Waals surface area contributed by atoms with E-state index in [0.717, 1.165) is 138 Å². The van der Waals surface area contributed by atoms with Crippen LogP contribution < -0.4 is 0 Å². The topological polar surface area (TPSA) is 160 Å². The number of fused-ring (bicyclic) bond motifs is 20. The SMILES string of the molecule is CC1(C)c2ccccc2-c2c1cc1ccccc1c2-c1nc(-c2ccccc2)nc(-c2ccc(-c3ccccc3)cc2)n1.c1ccc(-c2ccc(-c3nc(-c4ccccc4)nc(-c4ccc(-n5c6ccc7ccccc7c6c6c7ccccc7ccc65)cc4)n3)cc2)cc1.c1ccc2c(c1)oc1cc(-c3nc(-c4ccc5c(c4)oc4ccccc45)nc(-c4ccc5c(c4)oc4ccccc45)n3)ccc12. The smallest absolute Gasteiger partial charge is 0.165 e. The van der Waals surface area contributed by atoms with Gasteiger partial charge in [-0.15, -0.1) is 0 Å². The van der Waals surface area contributed by atoms with Crippen LogP contribution in [0, 0.1) is 0 Å².